The molecular weight excluding hydrogens is 383 g/mol. The van der Waals surface area contributed by atoms with Gasteiger partial charge < -0.3 is 8.92 Å². The molecular formula is C18H12F3NO4S. The molecule has 0 saturated heterocycles. The summed E-state index contributed by atoms with van der Waals surface area (Å²) in [6.07, 6.45) is -2.99. The molecule has 0 aliphatic heterocycles. The molecule has 0 aliphatic carbocycles. The summed E-state index contributed by atoms with van der Waals surface area (Å²) < 4.78 is 72.5. The zero-order valence-electron chi connectivity index (χ0n) is 13.6. The lowest BCUT2D eigenvalue weighted by molar-refractivity contribution is -0.137. The van der Waals surface area contributed by atoms with Gasteiger partial charge in [0.15, 0.2) is 0 Å². The minimum absolute atomic E-state index is 0.0109. The molecule has 140 valence electrons. The van der Waals surface area contributed by atoms with Crippen LogP contribution >= 0.6 is 0 Å². The van der Waals surface area contributed by atoms with Crippen molar-refractivity contribution in [1.29, 1.82) is 0 Å². The third-order valence-corrected chi connectivity index (χ3v) is 4.62. The molecule has 3 rings (SSSR count). The smallest absolute Gasteiger partial charge is 0.416 e. The summed E-state index contributed by atoms with van der Waals surface area (Å²) in [6.45, 7) is 0. The number of hydrogen-bond donors (Lipinski definition) is 0. The molecule has 0 bridgehead atoms. The average Bonchev–Trinajstić information content (AvgIpc) is 2.63. The maximum absolute atomic E-state index is 12.6. The topological polar surface area (TPSA) is 65.5 Å². The number of alkyl halides is 3. The monoisotopic (exact) mass is 395 g/mol. The van der Waals surface area contributed by atoms with E-state index in [4.69, 9.17) is 8.92 Å². The third kappa shape index (κ3) is 4.76. The summed E-state index contributed by atoms with van der Waals surface area (Å²) in [5.74, 6) is 0.764. The van der Waals surface area contributed by atoms with Gasteiger partial charge in [-0.2, -0.15) is 21.6 Å². The third-order valence-electron chi connectivity index (χ3n) is 3.36. The second-order valence-corrected chi connectivity index (χ2v) is 6.85. The van der Waals surface area contributed by atoms with E-state index in [2.05, 4.69) is 4.98 Å². The molecule has 3 aromatic rings. The molecule has 0 fully saturated rings. The molecule has 5 nitrogen and oxygen atoms in total. The van der Waals surface area contributed by atoms with Crippen molar-refractivity contribution in [2.45, 2.75) is 11.1 Å². The zero-order chi connectivity index (χ0) is 19.5. The Kier molecular flexibility index (Phi) is 5.04. The zero-order valence-corrected chi connectivity index (χ0v) is 14.4. The van der Waals surface area contributed by atoms with Crippen LogP contribution in [0, 0.1) is 0 Å². The highest BCUT2D eigenvalue weighted by Crippen LogP contribution is 2.30. The number of aromatic nitrogens is 1. The van der Waals surface area contributed by atoms with Gasteiger partial charge in [-0.05, 0) is 54.6 Å². The van der Waals surface area contributed by atoms with Gasteiger partial charge in [0.2, 0.25) is 5.88 Å². The Morgan fingerprint density at radius 3 is 2.00 bits per heavy atom. The lowest BCUT2D eigenvalue weighted by Gasteiger charge is -2.10. The normalized spacial score (nSPS) is 11.8. The van der Waals surface area contributed by atoms with Crippen molar-refractivity contribution in [3.8, 4) is 17.4 Å². The van der Waals surface area contributed by atoms with Gasteiger partial charge in [-0.25, -0.2) is 4.98 Å². The Balaban J connectivity index is 1.72. The first-order valence-electron chi connectivity index (χ1n) is 7.55. The second-order valence-electron chi connectivity index (χ2n) is 5.30. The predicted molar refractivity (Wildman–Crippen MR) is 90.0 cm³/mol. The number of benzene rings is 2. The Morgan fingerprint density at radius 1 is 0.815 bits per heavy atom. The SMILES string of the molecule is O=S(=O)(Oc1ccc(Oc2ccccn2)cc1)c1ccc(C(F)(F)F)cc1. The summed E-state index contributed by atoms with van der Waals surface area (Å²) in [6, 6.07) is 13.9. The molecule has 0 saturated carbocycles. The molecule has 0 atom stereocenters. The number of hydrogen-bond acceptors (Lipinski definition) is 5. The van der Waals surface area contributed by atoms with E-state index in [-0.39, 0.29) is 10.6 Å². The number of nitrogens with zero attached hydrogens (tertiary/aromatic N) is 1. The van der Waals surface area contributed by atoms with Crippen LogP contribution in [0.2, 0.25) is 0 Å². The van der Waals surface area contributed by atoms with Gasteiger partial charge in [0.1, 0.15) is 16.4 Å². The highest BCUT2D eigenvalue weighted by atomic mass is 32.2. The van der Waals surface area contributed by atoms with Gasteiger partial charge in [-0.3, -0.25) is 0 Å². The first-order chi connectivity index (χ1) is 12.7. The summed E-state index contributed by atoms with van der Waals surface area (Å²) in [5, 5.41) is 0. The highest BCUT2D eigenvalue weighted by molar-refractivity contribution is 7.87. The van der Waals surface area contributed by atoms with Crippen LogP contribution < -0.4 is 8.92 Å². The van der Waals surface area contributed by atoms with Crippen molar-refractivity contribution < 1.29 is 30.5 Å². The van der Waals surface area contributed by atoms with Crippen molar-refractivity contribution in [1.82, 2.24) is 4.98 Å². The van der Waals surface area contributed by atoms with Gasteiger partial charge in [0, 0.05) is 12.3 Å². The van der Waals surface area contributed by atoms with Crippen LogP contribution in [-0.4, -0.2) is 13.4 Å². The van der Waals surface area contributed by atoms with Gasteiger partial charge >= 0.3 is 16.3 Å². The largest absolute Gasteiger partial charge is 0.439 e. The van der Waals surface area contributed by atoms with Gasteiger partial charge in [0.05, 0.1) is 5.56 Å². The van der Waals surface area contributed by atoms with Crippen LogP contribution in [-0.2, 0) is 16.3 Å². The van der Waals surface area contributed by atoms with E-state index in [9.17, 15) is 21.6 Å². The number of halogens is 3. The van der Waals surface area contributed by atoms with Crippen molar-refractivity contribution in [2.75, 3.05) is 0 Å². The van der Waals surface area contributed by atoms with Crippen LogP contribution in [0.1, 0.15) is 5.56 Å². The molecule has 0 unspecified atom stereocenters. The number of rotatable bonds is 5. The maximum Gasteiger partial charge on any atom is 0.416 e. The van der Waals surface area contributed by atoms with E-state index >= 15 is 0 Å². The van der Waals surface area contributed by atoms with Crippen molar-refractivity contribution >= 4 is 10.1 Å². The first kappa shape index (κ1) is 18.7. The van der Waals surface area contributed by atoms with E-state index in [1.807, 2.05) is 0 Å². The number of pyridine rings is 1. The number of ether oxygens (including phenoxy) is 1. The fraction of sp³-hybridized carbons (Fsp3) is 0.0556. The van der Waals surface area contributed by atoms with Crippen molar-refractivity contribution in [3.05, 3.63) is 78.5 Å². The maximum atomic E-state index is 12.6. The molecule has 0 spiro atoms. The Labute approximate surface area is 153 Å². The Hall–Kier alpha value is -3.07. The lowest BCUT2D eigenvalue weighted by atomic mass is 10.2. The highest BCUT2D eigenvalue weighted by Gasteiger charge is 2.30. The molecule has 0 aliphatic rings. The summed E-state index contributed by atoms with van der Waals surface area (Å²) >= 11 is 0. The molecule has 0 amide bonds. The van der Waals surface area contributed by atoms with E-state index < -0.39 is 21.9 Å². The van der Waals surface area contributed by atoms with Gasteiger partial charge in [-0.1, -0.05) is 6.07 Å². The Morgan fingerprint density at radius 2 is 1.44 bits per heavy atom. The van der Waals surface area contributed by atoms with E-state index in [0.717, 1.165) is 12.1 Å². The quantitative estimate of drug-likeness (QED) is 0.588. The summed E-state index contributed by atoms with van der Waals surface area (Å²) in [5.41, 5.74) is -0.947. The van der Waals surface area contributed by atoms with E-state index in [1.54, 1.807) is 24.4 Å². The minimum Gasteiger partial charge on any atom is -0.439 e. The molecule has 9 heteroatoms. The van der Waals surface area contributed by atoms with Crippen LogP contribution in [0.25, 0.3) is 0 Å². The lowest BCUT2D eigenvalue weighted by Crippen LogP contribution is -2.11. The predicted octanol–water partition coefficient (Wildman–Crippen LogP) is 4.66. The molecule has 0 N–H and O–H groups in total. The van der Waals surface area contributed by atoms with Crippen LogP contribution in [0.5, 0.6) is 17.4 Å². The van der Waals surface area contributed by atoms with Crippen molar-refractivity contribution in [2.24, 2.45) is 0 Å². The fourth-order valence-electron chi connectivity index (χ4n) is 2.08. The van der Waals surface area contributed by atoms with Crippen LogP contribution in [0.15, 0.2) is 77.8 Å². The molecule has 0 radical (unpaired) electrons. The second kappa shape index (κ2) is 7.28. The van der Waals surface area contributed by atoms with Crippen molar-refractivity contribution in [3.63, 3.8) is 0 Å². The van der Waals surface area contributed by atoms with E-state index in [0.29, 0.717) is 23.8 Å². The van der Waals surface area contributed by atoms with Gasteiger partial charge in [-0.15, -0.1) is 0 Å². The first-order valence-corrected chi connectivity index (χ1v) is 8.95. The summed E-state index contributed by atoms with van der Waals surface area (Å²) in [7, 11) is -4.27. The fourth-order valence-corrected chi connectivity index (χ4v) is 3.01. The Bertz CT molecular complexity index is 1000. The van der Waals surface area contributed by atoms with Crippen LogP contribution in [0.3, 0.4) is 0 Å². The standard InChI is InChI=1S/C18H12F3NO4S/c19-18(20,21)13-4-10-16(11-5-13)27(23,24)26-15-8-6-14(7-9-15)25-17-3-1-2-12-22-17/h1-12H. The molecule has 2 aromatic carbocycles. The average molecular weight is 395 g/mol. The van der Waals surface area contributed by atoms with Crippen LogP contribution in [0.4, 0.5) is 13.2 Å². The molecule has 1 heterocycles. The van der Waals surface area contributed by atoms with E-state index in [1.165, 1.54) is 24.3 Å². The molecule has 27 heavy (non-hydrogen) atoms. The molecule has 1 aromatic heterocycles. The van der Waals surface area contributed by atoms with Gasteiger partial charge in [0.25, 0.3) is 0 Å². The minimum atomic E-state index is -4.55. The summed E-state index contributed by atoms with van der Waals surface area (Å²) in [4.78, 5) is 3.61.